The summed E-state index contributed by atoms with van der Waals surface area (Å²) in [5, 5.41) is 3.21. The van der Waals surface area contributed by atoms with Crippen molar-refractivity contribution < 1.29 is 4.39 Å². The summed E-state index contributed by atoms with van der Waals surface area (Å²) in [5.74, 6) is -0.220. The highest BCUT2D eigenvalue weighted by Crippen LogP contribution is 2.15. The van der Waals surface area contributed by atoms with E-state index in [4.69, 9.17) is 0 Å². The molecule has 1 N–H and O–H groups in total. The quantitative estimate of drug-likeness (QED) is 0.702. The predicted molar refractivity (Wildman–Crippen MR) is 54.3 cm³/mol. The molecule has 0 saturated heterocycles. The minimum absolute atomic E-state index is 0.169. The number of benzene rings is 1. The fourth-order valence-corrected chi connectivity index (χ4v) is 0.956. The van der Waals surface area contributed by atoms with Crippen molar-refractivity contribution in [1.82, 2.24) is 0 Å². The second-order valence-corrected chi connectivity index (χ2v) is 3.56. The molecular formula is C11H14FN. The normalized spacial score (nSPS) is 11.0. The van der Waals surface area contributed by atoms with Crippen LogP contribution >= 0.6 is 0 Å². The fraction of sp³-hybridized carbons (Fsp3) is 0.273. The Balaban J connectivity index is 2.75. The van der Waals surface area contributed by atoms with Gasteiger partial charge in [0.15, 0.2) is 0 Å². The van der Waals surface area contributed by atoms with Crippen LogP contribution in [0, 0.1) is 5.82 Å². The maximum atomic E-state index is 12.6. The van der Waals surface area contributed by atoms with Crippen LogP contribution in [-0.4, -0.2) is 5.54 Å². The first-order valence-electron chi connectivity index (χ1n) is 4.21. The molecule has 0 saturated carbocycles. The summed E-state index contributed by atoms with van der Waals surface area (Å²) in [4.78, 5) is 0. The first kappa shape index (κ1) is 9.78. The minimum atomic E-state index is -0.220. The molecule has 0 aliphatic heterocycles. The number of rotatable bonds is 3. The second-order valence-electron chi connectivity index (χ2n) is 3.56. The number of anilines is 1. The highest BCUT2D eigenvalue weighted by atomic mass is 19.1. The molecule has 0 aliphatic carbocycles. The molecule has 2 heteroatoms. The van der Waals surface area contributed by atoms with Crippen LogP contribution in [0.15, 0.2) is 36.9 Å². The second kappa shape index (κ2) is 3.60. The number of hydrogen-bond acceptors (Lipinski definition) is 1. The molecule has 70 valence electrons. The Morgan fingerprint density at radius 1 is 1.31 bits per heavy atom. The van der Waals surface area contributed by atoms with Crippen molar-refractivity contribution in [1.29, 1.82) is 0 Å². The summed E-state index contributed by atoms with van der Waals surface area (Å²) in [7, 11) is 0. The van der Waals surface area contributed by atoms with Gasteiger partial charge in [-0.1, -0.05) is 6.08 Å². The summed E-state index contributed by atoms with van der Waals surface area (Å²) in [6, 6.07) is 6.28. The van der Waals surface area contributed by atoms with E-state index in [-0.39, 0.29) is 11.4 Å². The van der Waals surface area contributed by atoms with E-state index in [1.165, 1.54) is 12.1 Å². The minimum Gasteiger partial charge on any atom is -0.377 e. The average molecular weight is 179 g/mol. The van der Waals surface area contributed by atoms with Crippen molar-refractivity contribution in [2.24, 2.45) is 0 Å². The summed E-state index contributed by atoms with van der Waals surface area (Å²) in [5.41, 5.74) is 0.726. The molecule has 0 aliphatic rings. The molecule has 0 fully saturated rings. The Morgan fingerprint density at radius 3 is 2.31 bits per heavy atom. The molecule has 13 heavy (non-hydrogen) atoms. The average Bonchev–Trinajstić information content (AvgIpc) is 2.09. The van der Waals surface area contributed by atoms with Gasteiger partial charge in [-0.2, -0.15) is 0 Å². The number of hydrogen-bond donors (Lipinski definition) is 1. The van der Waals surface area contributed by atoms with Gasteiger partial charge in [0, 0.05) is 11.2 Å². The third-order valence-electron chi connectivity index (χ3n) is 1.82. The Hall–Kier alpha value is -1.31. The van der Waals surface area contributed by atoms with Crippen LogP contribution in [0.1, 0.15) is 13.8 Å². The van der Waals surface area contributed by atoms with Crippen LogP contribution in [0.25, 0.3) is 0 Å². The van der Waals surface area contributed by atoms with Crippen molar-refractivity contribution >= 4 is 5.69 Å². The van der Waals surface area contributed by atoms with E-state index in [9.17, 15) is 4.39 Å². The van der Waals surface area contributed by atoms with Gasteiger partial charge in [-0.15, -0.1) is 6.58 Å². The van der Waals surface area contributed by atoms with E-state index in [2.05, 4.69) is 11.9 Å². The SMILES string of the molecule is C=CC(C)(C)Nc1ccc(F)cc1. The summed E-state index contributed by atoms with van der Waals surface area (Å²) in [6.07, 6.45) is 1.82. The predicted octanol–water partition coefficient (Wildman–Crippen LogP) is 3.20. The lowest BCUT2D eigenvalue weighted by Gasteiger charge is -2.23. The van der Waals surface area contributed by atoms with Gasteiger partial charge in [-0.3, -0.25) is 0 Å². The lowest BCUT2D eigenvalue weighted by molar-refractivity contribution is 0.627. The molecule has 0 unspecified atom stereocenters. The summed E-state index contributed by atoms with van der Waals surface area (Å²) in [6.45, 7) is 7.72. The van der Waals surface area contributed by atoms with Gasteiger partial charge in [-0.05, 0) is 38.1 Å². The standard InChI is InChI=1S/C11H14FN/c1-4-11(2,3)13-10-7-5-9(12)6-8-10/h4-8,13H,1H2,2-3H3. The van der Waals surface area contributed by atoms with Crippen LogP contribution in [0.5, 0.6) is 0 Å². The summed E-state index contributed by atoms with van der Waals surface area (Å²) < 4.78 is 12.6. The third kappa shape index (κ3) is 2.90. The zero-order valence-corrected chi connectivity index (χ0v) is 7.97. The zero-order chi connectivity index (χ0) is 9.90. The van der Waals surface area contributed by atoms with E-state index >= 15 is 0 Å². The van der Waals surface area contributed by atoms with Crippen molar-refractivity contribution in [2.75, 3.05) is 5.32 Å². The smallest absolute Gasteiger partial charge is 0.123 e. The van der Waals surface area contributed by atoms with E-state index in [1.54, 1.807) is 12.1 Å². The monoisotopic (exact) mass is 179 g/mol. The van der Waals surface area contributed by atoms with Gasteiger partial charge in [0.25, 0.3) is 0 Å². The molecule has 0 heterocycles. The zero-order valence-electron chi connectivity index (χ0n) is 7.97. The molecule has 0 aromatic heterocycles. The Morgan fingerprint density at radius 2 is 1.85 bits per heavy atom. The number of nitrogens with one attached hydrogen (secondary N) is 1. The van der Waals surface area contributed by atoms with E-state index < -0.39 is 0 Å². The Bertz CT molecular complexity index is 287. The van der Waals surface area contributed by atoms with Gasteiger partial charge in [0.2, 0.25) is 0 Å². The largest absolute Gasteiger partial charge is 0.377 e. The molecule has 0 bridgehead atoms. The molecule has 1 aromatic rings. The van der Waals surface area contributed by atoms with Crippen LogP contribution in [0.2, 0.25) is 0 Å². The first-order valence-corrected chi connectivity index (χ1v) is 4.21. The molecule has 0 amide bonds. The number of halogens is 1. The molecule has 1 rings (SSSR count). The summed E-state index contributed by atoms with van der Waals surface area (Å²) >= 11 is 0. The van der Waals surface area contributed by atoms with Gasteiger partial charge in [-0.25, -0.2) is 4.39 Å². The maximum Gasteiger partial charge on any atom is 0.123 e. The molecule has 1 nitrogen and oxygen atoms in total. The van der Waals surface area contributed by atoms with Gasteiger partial charge in [0.05, 0.1) is 0 Å². The topological polar surface area (TPSA) is 12.0 Å². The van der Waals surface area contributed by atoms with Crippen LogP contribution < -0.4 is 5.32 Å². The van der Waals surface area contributed by atoms with E-state index in [1.807, 2.05) is 19.9 Å². The highest BCUT2D eigenvalue weighted by Gasteiger charge is 2.11. The first-order chi connectivity index (χ1) is 6.03. The lowest BCUT2D eigenvalue weighted by atomic mass is 10.1. The molecule has 1 aromatic carbocycles. The maximum absolute atomic E-state index is 12.6. The third-order valence-corrected chi connectivity index (χ3v) is 1.82. The Labute approximate surface area is 78.3 Å². The van der Waals surface area contributed by atoms with E-state index in [0.717, 1.165) is 5.69 Å². The van der Waals surface area contributed by atoms with Crippen molar-refractivity contribution in [3.05, 3.63) is 42.7 Å². The molecule has 0 spiro atoms. The van der Waals surface area contributed by atoms with Crippen LogP contribution in [-0.2, 0) is 0 Å². The van der Waals surface area contributed by atoms with Crippen LogP contribution in [0.4, 0.5) is 10.1 Å². The lowest BCUT2D eigenvalue weighted by Crippen LogP contribution is -2.27. The van der Waals surface area contributed by atoms with E-state index in [0.29, 0.717) is 0 Å². The van der Waals surface area contributed by atoms with Gasteiger partial charge in [0.1, 0.15) is 5.82 Å². The molecular weight excluding hydrogens is 165 g/mol. The van der Waals surface area contributed by atoms with Crippen molar-refractivity contribution in [3.8, 4) is 0 Å². The highest BCUT2D eigenvalue weighted by molar-refractivity contribution is 5.46. The van der Waals surface area contributed by atoms with Gasteiger partial charge >= 0.3 is 0 Å². The van der Waals surface area contributed by atoms with Crippen LogP contribution in [0.3, 0.4) is 0 Å². The molecule has 0 atom stereocenters. The van der Waals surface area contributed by atoms with Crippen molar-refractivity contribution in [3.63, 3.8) is 0 Å². The Kier molecular flexibility index (Phi) is 2.71. The van der Waals surface area contributed by atoms with Gasteiger partial charge < -0.3 is 5.32 Å². The fourth-order valence-electron chi connectivity index (χ4n) is 0.956. The molecule has 0 radical (unpaired) electrons. The van der Waals surface area contributed by atoms with Crippen molar-refractivity contribution in [2.45, 2.75) is 19.4 Å².